The van der Waals surface area contributed by atoms with Crippen LogP contribution >= 0.6 is 0 Å². The third-order valence-electron chi connectivity index (χ3n) is 2.89. The van der Waals surface area contributed by atoms with Gasteiger partial charge < -0.3 is 4.74 Å². The fourth-order valence-electron chi connectivity index (χ4n) is 1.78. The van der Waals surface area contributed by atoms with Crippen molar-refractivity contribution in [3.05, 3.63) is 6.61 Å². The first-order valence-corrected chi connectivity index (χ1v) is 7.35. The van der Waals surface area contributed by atoms with Gasteiger partial charge in [0.15, 0.2) is 0 Å². The largest absolute Gasteiger partial charge is 0.376 e. The summed E-state index contributed by atoms with van der Waals surface area (Å²) < 4.78 is 5.41. The first kappa shape index (κ1) is 16.0. The normalized spacial score (nSPS) is 10.9. The third-order valence-corrected chi connectivity index (χ3v) is 2.89. The van der Waals surface area contributed by atoms with Crippen molar-refractivity contribution in [3.8, 4) is 0 Å². The summed E-state index contributed by atoms with van der Waals surface area (Å²) >= 11 is 0. The lowest BCUT2D eigenvalue weighted by Gasteiger charge is -2.03. The predicted molar refractivity (Wildman–Crippen MR) is 72.4 cm³/mol. The van der Waals surface area contributed by atoms with Crippen molar-refractivity contribution in [2.24, 2.45) is 0 Å². The van der Waals surface area contributed by atoms with Crippen molar-refractivity contribution in [2.75, 3.05) is 6.61 Å². The molecule has 0 N–H and O–H groups in total. The molecule has 0 atom stereocenters. The summed E-state index contributed by atoms with van der Waals surface area (Å²) in [5, 5.41) is 0. The Morgan fingerprint density at radius 2 is 1.25 bits per heavy atom. The Labute approximate surface area is 103 Å². The molecule has 0 bridgehead atoms. The predicted octanol–water partition coefficient (Wildman–Crippen LogP) is 5.50. The van der Waals surface area contributed by atoms with Gasteiger partial charge in [-0.05, 0) is 12.8 Å². The first-order valence-electron chi connectivity index (χ1n) is 7.35. The molecule has 0 rings (SSSR count). The van der Waals surface area contributed by atoms with Crippen LogP contribution in [-0.2, 0) is 4.74 Å². The molecule has 0 aliphatic heterocycles. The van der Waals surface area contributed by atoms with Gasteiger partial charge in [0.1, 0.15) is 0 Å². The van der Waals surface area contributed by atoms with E-state index in [4.69, 9.17) is 4.74 Å². The van der Waals surface area contributed by atoms with Crippen LogP contribution in [0.25, 0.3) is 0 Å². The van der Waals surface area contributed by atoms with E-state index >= 15 is 0 Å². The van der Waals surface area contributed by atoms with E-state index in [2.05, 4.69) is 13.8 Å². The smallest absolute Gasteiger partial charge is 0.0836 e. The molecule has 0 aliphatic carbocycles. The van der Waals surface area contributed by atoms with Crippen LogP contribution in [0.1, 0.15) is 84.5 Å². The lowest BCUT2D eigenvalue weighted by Crippen LogP contribution is -1.91. The van der Waals surface area contributed by atoms with Crippen LogP contribution in [0, 0.1) is 6.61 Å². The molecule has 0 amide bonds. The SMILES string of the molecule is CCC[CH]OCCCCCCCCCCC. The monoisotopic (exact) mass is 227 g/mol. The van der Waals surface area contributed by atoms with Gasteiger partial charge in [-0.1, -0.05) is 71.6 Å². The van der Waals surface area contributed by atoms with E-state index in [1.807, 2.05) is 6.61 Å². The summed E-state index contributed by atoms with van der Waals surface area (Å²) in [5.74, 6) is 0. The Morgan fingerprint density at radius 3 is 1.81 bits per heavy atom. The van der Waals surface area contributed by atoms with E-state index in [1.165, 1.54) is 64.2 Å². The van der Waals surface area contributed by atoms with Gasteiger partial charge in [0, 0.05) is 6.61 Å². The maximum Gasteiger partial charge on any atom is 0.0836 e. The summed E-state index contributed by atoms with van der Waals surface area (Å²) in [6, 6.07) is 0. The highest BCUT2D eigenvalue weighted by Gasteiger charge is 1.92. The Morgan fingerprint density at radius 1 is 0.688 bits per heavy atom. The van der Waals surface area contributed by atoms with E-state index in [1.54, 1.807) is 0 Å². The molecule has 16 heavy (non-hydrogen) atoms. The minimum Gasteiger partial charge on any atom is -0.376 e. The van der Waals surface area contributed by atoms with Crippen molar-refractivity contribution in [1.82, 2.24) is 0 Å². The van der Waals surface area contributed by atoms with Crippen molar-refractivity contribution >= 4 is 0 Å². The molecule has 0 heterocycles. The van der Waals surface area contributed by atoms with Gasteiger partial charge in [-0.15, -0.1) is 0 Å². The minimum atomic E-state index is 0.926. The molecule has 1 heteroatoms. The lowest BCUT2D eigenvalue weighted by molar-refractivity contribution is 0.185. The van der Waals surface area contributed by atoms with E-state index in [0.29, 0.717) is 0 Å². The van der Waals surface area contributed by atoms with Crippen LogP contribution in [-0.4, -0.2) is 6.61 Å². The number of hydrogen-bond acceptors (Lipinski definition) is 1. The molecule has 0 fully saturated rings. The van der Waals surface area contributed by atoms with Gasteiger partial charge in [0.2, 0.25) is 0 Å². The Kier molecular flexibility index (Phi) is 14.9. The number of hydrogen-bond donors (Lipinski definition) is 0. The van der Waals surface area contributed by atoms with Crippen molar-refractivity contribution in [2.45, 2.75) is 84.5 Å². The quantitative estimate of drug-likeness (QED) is 0.378. The van der Waals surface area contributed by atoms with Gasteiger partial charge in [-0.3, -0.25) is 0 Å². The zero-order chi connectivity index (χ0) is 11.9. The molecule has 97 valence electrons. The molecule has 0 aliphatic rings. The number of ether oxygens (including phenoxy) is 1. The second-order valence-corrected chi connectivity index (χ2v) is 4.65. The summed E-state index contributed by atoms with van der Waals surface area (Å²) in [5.41, 5.74) is 0. The molecule has 0 saturated heterocycles. The van der Waals surface area contributed by atoms with Crippen molar-refractivity contribution in [1.29, 1.82) is 0 Å². The Bertz CT molecular complexity index is 98.0. The maximum atomic E-state index is 5.41. The molecule has 0 unspecified atom stereocenters. The fraction of sp³-hybridized carbons (Fsp3) is 0.933. The van der Waals surface area contributed by atoms with Gasteiger partial charge >= 0.3 is 0 Å². The van der Waals surface area contributed by atoms with Crippen LogP contribution in [0.2, 0.25) is 0 Å². The van der Waals surface area contributed by atoms with Gasteiger partial charge in [0.05, 0.1) is 6.61 Å². The Hall–Kier alpha value is -0.0400. The standard InChI is InChI=1S/C15H31O/c1-3-5-7-8-9-10-11-12-13-15-16-14-6-4-2/h14H,3-13,15H2,1-2H3. The van der Waals surface area contributed by atoms with Crippen LogP contribution in [0.5, 0.6) is 0 Å². The lowest BCUT2D eigenvalue weighted by atomic mass is 10.1. The topological polar surface area (TPSA) is 9.23 Å². The van der Waals surface area contributed by atoms with Crippen LogP contribution in [0.15, 0.2) is 0 Å². The second kappa shape index (κ2) is 15.0. The van der Waals surface area contributed by atoms with Gasteiger partial charge in [-0.25, -0.2) is 0 Å². The molecule has 0 aromatic rings. The minimum absolute atomic E-state index is 0.926. The highest BCUT2D eigenvalue weighted by atomic mass is 16.5. The van der Waals surface area contributed by atoms with E-state index in [9.17, 15) is 0 Å². The third kappa shape index (κ3) is 14.0. The number of unbranched alkanes of at least 4 members (excludes halogenated alkanes) is 9. The average Bonchev–Trinajstić information content (AvgIpc) is 2.31. The van der Waals surface area contributed by atoms with Gasteiger partial charge in [-0.2, -0.15) is 0 Å². The average molecular weight is 227 g/mol. The van der Waals surface area contributed by atoms with E-state index in [-0.39, 0.29) is 0 Å². The molecular weight excluding hydrogens is 196 g/mol. The molecular formula is C15H31O. The zero-order valence-electron chi connectivity index (χ0n) is 11.5. The van der Waals surface area contributed by atoms with Crippen LogP contribution < -0.4 is 0 Å². The maximum absolute atomic E-state index is 5.41. The Balaban J connectivity index is 2.83. The summed E-state index contributed by atoms with van der Waals surface area (Å²) in [7, 11) is 0. The van der Waals surface area contributed by atoms with E-state index < -0.39 is 0 Å². The van der Waals surface area contributed by atoms with Crippen LogP contribution in [0.3, 0.4) is 0 Å². The highest BCUT2D eigenvalue weighted by molar-refractivity contribution is 4.50. The zero-order valence-corrected chi connectivity index (χ0v) is 11.5. The van der Waals surface area contributed by atoms with E-state index in [0.717, 1.165) is 13.0 Å². The molecule has 1 radical (unpaired) electrons. The molecule has 0 aromatic carbocycles. The van der Waals surface area contributed by atoms with Crippen LogP contribution in [0.4, 0.5) is 0 Å². The number of rotatable bonds is 13. The summed E-state index contributed by atoms with van der Waals surface area (Å²) in [6.45, 7) is 7.34. The summed E-state index contributed by atoms with van der Waals surface area (Å²) in [4.78, 5) is 0. The molecule has 0 aromatic heterocycles. The fourth-order valence-corrected chi connectivity index (χ4v) is 1.78. The molecule has 1 nitrogen and oxygen atoms in total. The first-order chi connectivity index (χ1) is 7.91. The van der Waals surface area contributed by atoms with Crippen molar-refractivity contribution < 1.29 is 4.74 Å². The molecule has 0 saturated carbocycles. The second-order valence-electron chi connectivity index (χ2n) is 4.65. The highest BCUT2D eigenvalue weighted by Crippen LogP contribution is 2.09. The van der Waals surface area contributed by atoms with Crippen molar-refractivity contribution in [3.63, 3.8) is 0 Å². The summed E-state index contributed by atoms with van der Waals surface area (Å²) in [6.07, 6.45) is 14.7. The van der Waals surface area contributed by atoms with Gasteiger partial charge in [0.25, 0.3) is 0 Å². The molecule has 0 spiro atoms.